The van der Waals surface area contributed by atoms with E-state index in [0.29, 0.717) is 0 Å². The van der Waals surface area contributed by atoms with Gasteiger partial charge in [-0.15, -0.1) is 0 Å². The largest absolute Gasteiger partial charge is 0.471 e. The quantitative estimate of drug-likeness (QED) is 0.904. The highest BCUT2D eigenvalue weighted by molar-refractivity contribution is 5.13. The zero-order valence-corrected chi connectivity index (χ0v) is 11.6. The van der Waals surface area contributed by atoms with Gasteiger partial charge in [0.2, 0.25) is 0 Å². The molecule has 2 rings (SSSR count). The third-order valence-corrected chi connectivity index (χ3v) is 3.10. The van der Waals surface area contributed by atoms with Crippen LogP contribution in [0, 0.1) is 5.82 Å². The molecular formula is C14H22FN3O. The van der Waals surface area contributed by atoms with Crippen LogP contribution in [0.1, 0.15) is 26.7 Å². The van der Waals surface area contributed by atoms with Gasteiger partial charge in [0, 0.05) is 24.8 Å². The molecule has 106 valence electrons. The molecule has 1 atom stereocenters. The summed E-state index contributed by atoms with van der Waals surface area (Å²) in [6.07, 6.45) is 3.50. The first kappa shape index (κ1) is 14.2. The average Bonchev–Trinajstić information content (AvgIpc) is 2.30. The molecule has 0 amide bonds. The molecule has 1 saturated heterocycles. The van der Waals surface area contributed by atoms with E-state index in [1.165, 1.54) is 6.07 Å². The molecule has 0 bridgehead atoms. The summed E-state index contributed by atoms with van der Waals surface area (Å²) in [4.78, 5) is 6.20. The van der Waals surface area contributed by atoms with E-state index in [0.717, 1.165) is 32.5 Å². The topological polar surface area (TPSA) is 51.4 Å². The monoisotopic (exact) mass is 267 g/mol. The minimum atomic E-state index is -0.404. The van der Waals surface area contributed by atoms with Crippen molar-refractivity contribution in [2.45, 2.75) is 38.3 Å². The number of aromatic nitrogens is 1. The van der Waals surface area contributed by atoms with Gasteiger partial charge < -0.3 is 10.5 Å². The van der Waals surface area contributed by atoms with Gasteiger partial charge in [-0.2, -0.15) is 0 Å². The van der Waals surface area contributed by atoms with Crippen molar-refractivity contribution < 1.29 is 9.13 Å². The van der Waals surface area contributed by atoms with Crippen molar-refractivity contribution in [1.82, 2.24) is 9.88 Å². The standard InChI is InChI=1S/C14H22FN3O/c1-14(2,16)10-18-8-4-5-11(9-18)19-13-12(15)6-3-7-17-13/h3,6-7,11H,4-5,8-10,16H2,1-2H3. The smallest absolute Gasteiger partial charge is 0.250 e. The van der Waals surface area contributed by atoms with Gasteiger partial charge in [-0.3, -0.25) is 4.90 Å². The summed E-state index contributed by atoms with van der Waals surface area (Å²) in [5.74, 6) is -0.305. The molecule has 1 aromatic rings. The maximum absolute atomic E-state index is 13.5. The van der Waals surface area contributed by atoms with Crippen molar-refractivity contribution in [2.24, 2.45) is 5.73 Å². The summed E-state index contributed by atoms with van der Waals surface area (Å²) in [6, 6.07) is 2.93. The van der Waals surface area contributed by atoms with Gasteiger partial charge in [0.15, 0.2) is 5.82 Å². The van der Waals surface area contributed by atoms with Gasteiger partial charge in [0.25, 0.3) is 5.88 Å². The van der Waals surface area contributed by atoms with E-state index in [1.807, 2.05) is 13.8 Å². The van der Waals surface area contributed by atoms with E-state index >= 15 is 0 Å². The number of ether oxygens (including phenoxy) is 1. The second kappa shape index (κ2) is 5.84. The first-order valence-electron chi connectivity index (χ1n) is 6.72. The lowest BCUT2D eigenvalue weighted by molar-refractivity contribution is 0.0717. The van der Waals surface area contributed by atoms with Crippen molar-refractivity contribution in [3.05, 3.63) is 24.1 Å². The Labute approximate surface area is 113 Å². The van der Waals surface area contributed by atoms with Gasteiger partial charge in [-0.1, -0.05) is 0 Å². The van der Waals surface area contributed by atoms with Gasteiger partial charge >= 0.3 is 0 Å². The lowest BCUT2D eigenvalue weighted by Gasteiger charge is -2.36. The molecule has 1 aliphatic rings. The average molecular weight is 267 g/mol. The fourth-order valence-electron chi connectivity index (χ4n) is 2.45. The van der Waals surface area contributed by atoms with Crippen LogP contribution in [0.5, 0.6) is 5.88 Å². The molecule has 19 heavy (non-hydrogen) atoms. The highest BCUT2D eigenvalue weighted by Gasteiger charge is 2.25. The van der Waals surface area contributed by atoms with Crippen LogP contribution in [0.4, 0.5) is 4.39 Å². The van der Waals surface area contributed by atoms with Crippen LogP contribution in [-0.4, -0.2) is 41.2 Å². The van der Waals surface area contributed by atoms with Crippen LogP contribution >= 0.6 is 0 Å². The predicted molar refractivity (Wildman–Crippen MR) is 72.6 cm³/mol. The van der Waals surface area contributed by atoms with E-state index in [-0.39, 0.29) is 17.5 Å². The maximum Gasteiger partial charge on any atom is 0.250 e. The van der Waals surface area contributed by atoms with E-state index in [1.54, 1.807) is 12.3 Å². The number of nitrogens with two attached hydrogens (primary N) is 1. The highest BCUT2D eigenvalue weighted by Crippen LogP contribution is 2.19. The normalized spacial score (nSPS) is 21.4. The summed E-state index contributed by atoms with van der Waals surface area (Å²) < 4.78 is 19.2. The Morgan fingerprint density at radius 2 is 2.37 bits per heavy atom. The molecule has 0 radical (unpaired) electrons. The van der Waals surface area contributed by atoms with Gasteiger partial charge in [0.05, 0.1) is 0 Å². The molecule has 0 aromatic carbocycles. The number of likely N-dealkylation sites (tertiary alicyclic amines) is 1. The number of rotatable bonds is 4. The van der Waals surface area contributed by atoms with E-state index in [9.17, 15) is 4.39 Å². The molecule has 1 aliphatic heterocycles. The van der Waals surface area contributed by atoms with Crippen molar-refractivity contribution in [1.29, 1.82) is 0 Å². The minimum Gasteiger partial charge on any atom is -0.471 e. The third-order valence-electron chi connectivity index (χ3n) is 3.10. The van der Waals surface area contributed by atoms with Crippen LogP contribution in [0.2, 0.25) is 0 Å². The summed E-state index contributed by atoms with van der Waals surface area (Å²) in [6.45, 7) is 6.63. The number of halogens is 1. The second-order valence-electron chi connectivity index (χ2n) is 5.90. The Bertz CT molecular complexity index is 419. The molecule has 2 N–H and O–H groups in total. The molecule has 5 heteroatoms. The molecule has 1 aromatic heterocycles. The maximum atomic E-state index is 13.5. The van der Waals surface area contributed by atoms with Crippen molar-refractivity contribution in [3.63, 3.8) is 0 Å². The minimum absolute atomic E-state index is 0.0134. The van der Waals surface area contributed by atoms with Crippen molar-refractivity contribution >= 4 is 0 Å². The van der Waals surface area contributed by atoms with Gasteiger partial charge in [-0.05, 0) is 45.4 Å². The number of hydrogen-bond donors (Lipinski definition) is 1. The molecule has 0 spiro atoms. The zero-order valence-electron chi connectivity index (χ0n) is 11.6. The third kappa shape index (κ3) is 4.44. The Kier molecular flexibility index (Phi) is 4.37. The number of piperidine rings is 1. The molecule has 2 heterocycles. The summed E-state index contributed by atoms with van der Waals surface area (Å²) in [7, 11) is 0. The predicted octanol–water partition coefficient (Wildman–Crippen LogP) is 1.80. The summed E-state index contributed by atoms with van der Waals surface area (Å²) in [5.41, 5.74) is 5.81. The first-order valence-corrected chi connectivity index (χ1v) is 6.72. The molecule has 0 aliphatic carbocycles. The van der Waals surface area contributed by atoms with Crippen LogP contribution in [0.15, 0.2) is 18.3 Å². The fraction of sp³-hybridized carbons (Fsp3) is 0.643. The highest BCUT2D eigenvalue weighted by atomic mass is 19.1. The number of nitrogens with zero attached hydrogens (tertiary/aromatic N) is 2. The summed E-state index contributed by atoms with van der Waals surface area (Å²) >= 11 is 0. The molecular weight excluding hydrogens is 245 g/mol. The van der Waals surface area contributed by atoms with Crippen molar-refractivity contribution in [2.75, 3.05) is 19.6 Å². The van der Waals surface area contributed by atoms with E-state index < -0.39 is 5.82 Å². The Morgan fingerprint density at radius 3 is 3.05 bits per heavy atom. The van der Waals surface area contributed by atoms with Crippen LogP contribution in [0.3, 0.4) is 0 Å². The van der Waals surface area contributed by atoms with Crippen molar-refractivity contribution in [3.8, 4) is 5.88 Å². The van der Waals surface area contributed by atoms with Gasteiger partial charge in [-0.25, -0.2) is 9.37 Å². The Balaban J connectivity index is 1.93. The second-order valence-corrected chi connectivity index (χ2v) is 5.90. The Hall–Kier alpha value is -1.20. The van der Waals surface area contributed by atoms with E-state index in [2.05, 4.69) is 9.88 Å². The molecule has 4 nitrogen and oxygen atoms in total. The molecule has 1 unspecified atom stereocenters. The number of hydrogen-bond acceptors (Lipinski definition) is 4. The lowest BCUT2D eigenvalue weighted by Crippen LogP contribution is -2.50. The van der Waals surface area contributed by atoms with Crippen LogP contribution < -0.4 is 10.5 Å². The first-order chi connectivity index (χ1) is 8.94. The van der Waals surface area contributed by atoms with Crippen LogP contribution in [-0.2, 0) is 0 Å². The SMILES string of the molecule is CC(C)(N)CN1CCCC(Oc2ncccc2F)C1. The molecule has 1 fully saturated rings. The molecule has 0 saturated carbocycles. The number of pyridine rings is 1. The van der Waals surface area contributed by atoms with Gasteiger partial charge in [0.1, 0.15) is 6.10 Å². The fourth-order valence-corrected chi connectivity index (χ4v) is 2.45. The lowest BCUT2D eigenvalue weighted by atomic mass is 10.0. The van der Waals surface area contributed by atoms with Crippen LogP contribution in [0.25, 0.3) is 0 Å². The van der Waals surface area contributed by atoms with E-state index in [4.69, 9.17) is 10.5 Å². The summed E-state index contributed by atoms with van der Waals surface area (Å²) in [5, 5.41) is 0. The Morgan fingerprint density at radius 1 is 1.58 bits per heavy atom. The zero-order chi connectivity index (χ0) is 13.9.